The van der Waals surface area contributed by atoms with Gasteiger partial charge in [-0.2, -0.15) is 0 Å². The van der Waals surface area contributed by atoms with Crippen LogP contribution in [0.5, 0.6) is 5.75 Å². The molecule has 0 saturated carbocycles. The largest absolute Gasteiger partial charge is 0.488 e. The third-order valence-electron chi connectivity index (χ3n) is 6.39. The summed E-state index contributed by atoms with van der Waals surface area (Å²) >= 11 is 0.817. The van der Waals surface area contributed by atoms with Crippen molar-refractivity contribution in [2.75, 3.05) is 43.1 Å². The first-order valence-electron chi connectivity index (χ1n) is 12.7. The van der Waals surface area contributed by atoms with E-state index in [0.29, 0.717) is 36.8 Å². The van der Waals surface area contributed by atoms with Gasteiger partial charge >= 0.3 is 0 Å². The molecule has 2 heterocycles. The summed E-state index contributed by atoms with van der Waals surface area (Å²) < 4.78 is 11.5. The lowest BCUT2D eigenvalue weighted by atomic mass is 10.1. The monoisotopic (exact) mass is 543 g/mol. The molecule has 0 unspecified atom stereocenters. The summed E-state index contributed by atoms with van der Waals surface area (Å²) in [5.41, 5.74) is 4.37. The molecule has 0 bridgehead atoms. The Hall–Kier alpha value is -4.08. The van der Waals surface area contributed by atoms with Crippen LogP contribution in [0.15, 0.2) is 77.7 Å². The van der Waals surface area contributed by atoms with Crippen LogP contribution in [0.25, 0.3) is 6.08 Å². The highest BCUT2D eigenvalue weighted by Gasteiger charge is 2.36. The Morgan fingerprint density at radius 3 is 2.62 bits per heavy atom. The summed E-state index contributed by atoms with van der Waals surface area (Å²) in [5, 5.41) is 2.38. The van der Waals surface area contributed by atoms with Gasteiger partial charge in [-0.1, -0.05) is 60.2 Å². The van der Waals surface area contributed by atoms with E-state index < -0.39 is 17.1 Å². The fourth-order valence-corrected chi connectivity index (χ4v) is 5.29. The van der Waals surface area contributed by atoms with Gasteiger partial charge in [0.2, 0.25) is 5.91 Å². The van der Waals surface area contributed by atoms with Gasteiger partial charge in [0.25, 0.3) is 11.1 Å². The van der Waals surface area contributed by atoms with E-state index in [1.807, 2.05) is 73.7 Å². The van der Waals surface area contributed by atoms with Crippen molar-refractivity contribution in [1.82, 2.24) is 4.90 Å². The van der Waals surface area contributed by atoms with Gasteiger partial charge in [0.15, 0.2) is 0 Å². The van der Waals surface area contributed by atoms with Gasteiger partial charge in [-0.15, -0.1) is 0 Å². The van der Waals surface area contributed by atoms with Gasteiger partial charge in [0, 0.05) is 18.7 Å². The highest BCUT2D eigenvalue weighted by atomic mass is 32.2. The number of carbonyl (C=O) groups is 3. The van der Waals surface area contributed by atoms with Crippen molar-refractivity contribution in [2.45, 2.75) is 13.5 Å². The number of amides is 3. The molecule has 2 aliphatic rings. The number of benzene rings is 3. The average molecular weight is 544 g/mol. The van der Waals surface area contributed by atoms with E-state index in [1.165, 1.54) is 0 Å². The maximum Gasteiger partial charge on any atom is 0.294 e. The molecule has 3 aromatic carbocycles. The standard InChI is InChI=1S/C30H29N3O5S/c1-21-7-6-8-22(17-21)20-38-26-12-5-2-9-23(26)18-27-29(35)33(30(36)39-27)19-28(34)31-24-10-3-4-11-25(24)32-13-15-37-16-14-32/h2-12,17-18H,13-16,19-20H2,1H3,(H,31,34)/b27-18+. The van der Waals surface area contributed by atoms with E-state index in [1.54, 1.807) is 6.08 Å². The van der Waals surface area contributed by atoms with Crippen LogP contribution in [0.2, 0.25) is 0 Å². The van der Waals surface area contributed by atoms with E-state index in [9.17, 15) is 14.4 Å². The van der Waals surface area contributed by atoms with Crippen molar-refractivity contribution in [3.05, 3.63) is 94.4 Å². The minimum absolute atomic E-state index is 0.244. The molecule has 0 aromatic heterocycles. The number of carbonyl (C=O) groups excluding carboxylic acids is 3. The predicted octanol–water partition coefficient (Wildman–Crippen LogP) is 5.09. The van der Waals surface area contributed by atoms with Gasteiger partial charge in [-0.05, 0) is 48.5 Å². The Bertz CT molecular complexity index is 1420. The third kappa shape index (κ3) is 6.50. The van der Waals surface area contributed by atoms with E-state index in [4.69, 9.17) is 9.47 Å². The lowest BCUT2D eigenvalue weighted by Crippen LogP contribution is -2.38. The molecule has 9 heteroatoms. The number of nitrogens with zero attached hydrogens (tertiary/aromatic N) is 2. The number of nitrogens with one attached hydrogen (secondary N) is 1. The number of para-hydroxylation sites is 3. The van der Waals surface area contributed by atoms with Gasteiger partial charge in [-0.25, -0.2) is 0 Å². The first kappa shape index (κ1) is 26.5. The smallest absolute Gasteiger partial charge is 0.294 e. The highest BCUT2D eigenvalue weighted by Crippen LogP contribution is 2.34. The quantitative estimate of drug-likeness (QED) is 0.396. The molecule has 39 heavy (non-hydrogen) atoms. The van der Waals surface area contributed by atoms with Crippen LogP contribution in [-0.2, 0) is 20.9 Å². The van der Waals surface area contributed by atoms with Crippen LogP contribution >= 0.6 is 11.8 Å². The zero-order valence-corrected chi connectivity index (χ0v) is 22.4. The van der Waals surface area contributed by atoms with Gasteiger partial charge < -0.3 is 19.7 Å². The number of aryl methyl sites for hydroxylation is 1. The number of rotatable bonds is 8. The lowest BCUT2D eigenvalue weighted by Gasteiger charge is -2.30. The first-order chi connectivity index (χ1) is 19.0. The molecule has 1 N–H and O–H groups in total. The number of thioether (sulfide) groups is 1. The second kappa shape index (κ2) is 12.2. The predicted molar refractivity (Wildman–Crippen MR) is 153 cm³/mol. The highest BCUT2D eigenvalue weighted by molar-refractivity contribution is 8.18. The molecule has 0 aliphatic carbocycles. The molecule has 3 amide bonds. The maximum atomic E-state index is 13.1. The SMILES string of the molecule is Cc1cccc(COc2ccccc2/C=C2/SC(=O)N(CC(=O)Nc3ccccc3N3CCOCC3)C2=O)c1. The Labute approximate surface area is 231 Å². The van der Waals surface area contributed by atoms with Crippen LogP contribution in [0.3, 0.4) is 0 Å². The van der Waals surface area contributed by atoms with E-state index >= 15 is 0 Å². The summed E-state index contributed by atoms with van der Waals surface area (Å²) in [7, 11) is 0. The van der Waals surface area contributed by atoms with Crippen molar-refractivity contribution in [2.24, 2.45) is 0 Å². The molecular formula is C30H29N3O5S. The Morgan fingerprint density at radius 1 is 1.03 bits per heavy atom. The number of hydrogen-bond acceptors (Lipinski definition) is 7. The van der Waals surface area contributed by atoms with Crippen molar-refractivity contribution in [3.8, 4) is 5.75 Å². The molecule has 200 valence electrons. The van der Waals surface area contributed by atoms with Crippen LogP contribution in [0, 0.1) is 6.92 Å². The summed E-state index contributed by atoms with van der Waals surface area (Å²) in [6.45, 7) is 4.70. The lowest BCUT2D eigenvalue weighted by molar-refractivity contribution is -0.127. The number of ether oxygens (including phenoxy) is 2. The zero-order chi connectivity index (χ0) is 27.2. The molecule has 8 nitrogen and oxygen atoms in total. The van der Waals surface area contributed by atoms with Gasteiger partial charge in [0.1, 0.15) is 18.9 Å². The van der Waals surface area contributed by atoms with Crippen molar-refractivity contribution in [3.63, 3.8) is 0 Å². The Kier molecular flexibility index (Phi) is 8.29. The molecule has 2 aliphatic heterocycles. The first-order valence-corrected chi connectivity index (χ1v) is 13.5. The number of hydrogen-bond donors (Lipinski definition) is 1. The van der Waals surface area contributed by atoms with Crippen molar-refractivity contribution in [1.29, 1.82) is 0 Å². The normalized spacial score (nSPS) is 16.6. The molecule has 5 rings (SSSR count). The minimum Gasteiger partial charge on any atom is -0.488 e. The number of morpholine rings is 1. The van der Waals surface area contributed by atoms with E-state index in [-0.39, 0.29) is 11.4 Å². The van der Waals surface area contributed by atoms with Crippen molar-refractivity contribution >= 4 is 46.3 Å². The van der Waals surface area contributed by atoms with Gasteiger partial charge in [-0.3, -0.25) is 19.3 Å². The molecule has 2 saturated heterocycles. The fraction of sp³-hybridized carbons (Fsp3) is 0.233. The van der Waals surface area contributed by atoms with E-state index in [0.717, 1.165) is 46.6 Å². The summed E-state index contributed by atoms with van der Waals surface area (Å²) in [6, 6.07) is 22.9. The number of anilines is 2. The summed E-state index contributed by atoms with van der Waals surface area (Å²) in [5.74, 6) is -0.348. The second-order valence-electron chi connectivity index (χ2n) is 9.25. The van der Waals surface area contributed by atoms with Gasteiger partial charge in [0.05, 0.1) is 29.5 Å². The summed E-state index contributed by atoms with van der Waals surface area (Å²) in [4.78, 5) is 42.1. The number of imide groups is 1. The van der Waals surface area contributed by atoms with Crippen LogP contribution in [0.1, 0.15) is 16.7 Å². The van der Waals surface area contributed by atoms with Crippen LogP contribution < -0.4 is 15.0 Å². The average Bonchev–Trinajstić information content (AvgIpc) is 3.20. The van der Waals surface area contributed by atoms with Crippen LogP contribution in [-0.4, -0.2) is 54.8 Å². The Morgan fingerprint density at radius 2 is 1.79 bits per heavy atom. The summed E-state index contributed by atoms with van der Waals surface area (Å²) in [6.07, 6.45) is 1.64. The fourth-order valence-electron chi connectivity index (χ4n) is 4.46. The second-order valence-corrected chi connectivity index (χ2v) is 10.2. The molecule has 0 spiro atoms. The molecule has 3 aromatic rings. The third-order valence-corrected chi connectivity index (χ3v) is 7.30. The molecular weight excluding hydrogens is 514 g/mol. The van der Waals surface area contributed by atoms with E-state index in [2.05, 4.69) is 16.3 Å². The minimum atomic E-state index is -0.505. The molecule has 0 atom stereocenters. The molecule has 2 fully saturated rings. The zero-order valence-electron chi connectivity index (χ0n) is 21.6. The maximum absolute atomic E-state index is 13.1. The topological polar surface area (TPSA) is 88.2 Å². The van der Waals surface area contributed by atoms with Crippen molar-refractivity contribution < 1.29 is 23.9 Å². The molecule has 0 radical (unpaired) electrons. The Balaban J connectivity index is 1.26. The van der Waals surface area contributed by atoms with Crippen LogP contribution in [0.4, 0.5) is 16.2 Å².